The van der Waals surface area contributed by atoms with Crippen LogP contribution in [0.3, 0.4) is 0 Å². The molecule has 1 unspecified atom stereocenters. The van der Waals surface area contributed by atoms with Crippen LogP contribution in [0.25, 0.3) is 0 Å². The lowest BCUT2D eigenvalue weighted by Gasteiger charge is -2.33. The summed E-state index contributed by atoms with van der Waals surface area (Å²) in [4.78, 5) is 0. The van der Waals surface area contributed by atoms with Gasteiger partial charge in [-0.3, -0.25) is 0 Å². The summed E-state index contributed by atoms with van der Waals surface area (Å²) in [5, 5.41) is 3.50. The van der Waals surface area contributed by atoms with Crippen LogP contribution in [0.2, 0.25) is 0 Å². The summed E-state index contributed by atoms with van der Waals surface area (Å²) in [5.74, 6) is 0. The molecule has 0 aliphatic carbocycles. The van der Waals surface area contributed by atoms with Gasteiger partial charge in [-0.25, -0.2) is 0 Å². The SMILES string of the molecule is C=C(NC(C)C(C)(C)CC)C(=C)/C(C)=C\C(C)=C(C)C. The lowest BCUT2D eigenvalue weighted by molar-refractivity contribution is 0.261. The minimum absolute atomic E-state index is 0.247. The van der Waals surface area contributed by atoms with Crippen LogP contribution < -0.4 is 5.32 Å². The molecule has 0 saturated carbocycles. The zero-order chi connectivity index (χ0) is 16.1. The molecule has 1 nitrogen and oxygen atoms in total. The summed E-state index contributed by atoms with van der Waals surface area (Å²) in [6, 6.07) is 0.370. The van der Waals surface area contributed by atoms with Crippen LogP contribution >= 0.6 is 0 Å². The molecule has 0 amide bonds. The third-order valence-electron chi connectivity index (χ3n) is 4.54. The van der Waals surface area contributed by atoms with Gasteiger partial charge in [0.15, 0.2) is 0 Å². The smallest absolute Gasteiger partial charge is 0.0339 e. The Morgan fingerprint density at radius 2 is 1.65 bits per heavy atom. The van der Waals surface area contributed by atoms with E-state index in [0.717, 1.165) is 17.7 Å². The fourth-order valence-corrected chi connectivity index (χ4v) is 1.64. The summed E-state index contributed by atoms with van der Waals surface area (Å²) in [6.07, 6.45) is 3.31. The third-order valence-corrected chi connectivity index (χ3v) is 4.54. The van der Waals surface area contributed by atoms with Gasteiger partial charge in [0.2, 0.25) is 0 Å². The van der Waals surface area contributed by atoms with Gasteiger partial charge >= 0.3 is 0 Å². The van der Waals surface area contributed by atoms with Gasteiger partial charge in [-0.1, -0.05) is 51.2 Å². The predicted molar refractivity (Wildman–Crippen MR) is 92.8 cm³/mol. The van der Waals surface area contributed by atoms with Crippen molar-refractivity contribution in [2.75, 3.05) is 0 Å². The Morgan fingerprint density at radius 1 is 1.15 bits per heavy atom. The van der Waals surface area contributed by atoms with Crippen LogP contribution in [0.4, 0.5) is 0 Å². The van der Waals surface area contributed by atoms with Crippen LogP contribution in [-0.2, 0) is 0 Å². The molecule has 20 heavy (non-hydrogen) atoms. The maximum absolute atomic E-state index is 4.17. The van der Waals surface area contributed by atoms with E-state index < -0.39 is 0 Å². The Kier molecular flexibility index (Phi) is 7.05. The zero-order valence-corrected chi connectivity index (χ0v) is 14.8. The second kappa shape index (κ2) is 7.52. The van der Waals surface area contributed by atoms with Crippen molar-refractivity contribution >= 4 is 0 Å². The molecule has 0 aliphatic rings. The lowest BCUT2D eigenvalue weighted by Crippen LogP contribution is -2.38. The van der Waals surface area contributed by atoms with Crippen LogP contribution in [0, 0.1) is 5.41 Å². The summed E-state index contributed by atoms with van der Waals surface area (Å²) >= 11 is 0. The Hall–Kier alpha value is -1.24. The zero-order valence-electron chi connectivity index (χ0n) is 14.8. The topological polar surface area (TPSA) is 12.0 Å². The van der Waals surface area contributed by atoms with Crippen molar-refractivity contribution in [3.05, 3.63) is 47.2 Å². The van der Waals surface area contributed by atoms with E-state index in [-0.39, 0.29) is 5.41 Å². The summed E-state index contributed by atoms with van der Waals surface area (Å²) in [6.45, 7) is 25.8. The lowest BCUT2D eigenvalue weighted by atomic mass is 9.82. The molecule has 1 atom stereocenters. The van der Waals surface area contributed by atoms with E-state index in [1.807, 2.05) is 0 Å². The van der Waals surface area contributed by atoms with Crippen LogP contribution in [-0.4, -0.2) is 6.04 Å². The van der Waals surface area contributed by atoms with Gasteiger partial charge in [0.25, 0.3) is 0 Å². The molecule has 0 aromatic carbocycles. The quantitative estimate of drug-likeness (QED) is 0.581. The maximum Gasteiger partial charge on any atom is 0.0339 e. The van der Waals surface area contributed by atoms with Crippen LogP contribution in [0.1, 0.15) is 61.8 Å². The van der Waals surface area contributed by atoms with Gasteiger partial charge in [-0.05, 0) is 57.6 Å². The molecular weight excluding hydrogens is 242 g/mol. The van der Waals surface area contributed by atoms with Crippen molar-refractivity contribution in [2.45, 2.75) is 67.9 Å². The van der Waals surface area contributed by atoms with E-state index in [4.69, 9.17) is 0 Å². The average Bonchev–Trinajstić information content (AvgIpc) is 2.36. The standard InChI is InChI=1S/C19H33N/c1-11-19(9,10)18(8)20-17(7)16(6)15(5)12-14(4)13(2)3/h12,18,20H,6-7,11H2,1-5,8-10H3/b15-12-. The molecule has 0 bridgehead atoms. The number of allylic oxidation sites excluding steroid dienone is 4. The highest BCUT2D eigenvalue weighted by Gasteiger charge is 2.24. The maximum atomic E-state index is 4.17. The molecule has 0 rings (SSSR count). The van der Waals surface area contributed by atoms with Gasteiger partial charge in [0.1, 0.15) is 0 Å². The van der Waals surface area contributed by atoms with Gasteiger partial charge in [0, 0.05) is 11.7 Å². The minimum Gasteiger partial charge on any atom is -0.382 e. The molecule has 0 saturated heterocycles. The summed E-state index contributed by atoms with van der Waals surface area (Å²) in [7, 11) is 0. The second-order valence-electron chi connectivity index (χ2n) is 6.68. The number of nitrogens with one attached hydrogen (secondary N) is 1. The first-order valence-corrected chi connectivity index (χ1v) is 7.50. The van der Waals surface area contributed by atoms with E-state index in [1.165, 1.54) is 16.7 Å². The third kappa shape index (κ3) is 5.40. The molecule has 0 spiro atoms. The van der Waals surface area contributed by atoms with Gasteiger partial charge < -0.3 is 5.32 Å². The molecule has 0 aliphatic heterocycles. The van der Waals surface area contributed by atoms with E-state index in [2.05, 4.69) is 79.9 Å². The first-order valence-electron chi connectivity index (χ1n) is 7.50. The van der Waals surface area contributed by atoms with Gasteiger partial charge in [-0.15, -0.1) is 0 Å². The van der Waals surface area contributed by atoms with Crippen molar-refractivity contribution in [1.29, 1.82) is 0 Å². The predicted octanol–water partition coefficient (Wildman–Crippen LogP) is 5.77. The Morgan fingerprint density at radius 3 is 2.05 bits per heavy atom. The minimum atomic E-state index is 0.247. The molecule has 1 heteroatoms. The Labute approximate surface area is 126 Å². The highest BCUT2D eigenvalue weighted by atomic mass is 14.9. The summed E-state index contributed by atoms with van der Waals surface area (Å²) in [5.41, 5.74) is 5.95. The molecule has 0 aromatic rings. The van der Waals surface area contributed by atoms with E-state index in [0.29, 0.717) is 6.04 Å². The fraction of sp³-hybridized carbons (Fsp3) is 0.579. The molecule has 0 aromatic heterocycles. The largest absolute Gasteiger partial charge is 0.382 e. The van der Waals surface area contributed by atoms with Crippen LogP contribution in [0.5, 0.6) is 0 Å². The van der Waals surface area contributed by atoms with E-state index in [9.17, 15) is 0 Å². The average molecular weight is 275 g/mol. The number of hydrogen-bond donors (Lipinski definition) is 1. The summed E-state index contributed by atoms with van der Waals surface area (Å²) < 4.78 is 0. The van der Waals surface area contributed by atoms with Crippen molar-refractivity contribution in [3.63, 3.8) is 0 Å². The molecular formula is C19H33N. The normalized spacial score (nSPS) is 13.7. The second-order valence-corrected chi connectivity index (χ2v) is 6.68. The Balaban J connectivity index is 4.90. The molecule has 0 heterocycles. The molecule has 1 N–H and O–H groups in total. The highest BCUT2D eigenvalue weighted by molar-refractivity contribution is 5.44. The molecule has 0 radical (unpaired) electrons. The van der Waals surface area contributed by atoms with Gasteiger partial charge in [-0.2, -0.15) is 0 Å². The van der Waals surface area contributed by atoms with Crippen molar-refractivity contribution in [1.82, 2.24) is 5.32 Å². The number of rotatable bonds is 7. The first kappa shape index (κ1) is 18.8. The fourth-order valence-electron chi connectivity index (χ4n) is 1.64. The van der Waals surface area contributed by atoms with E-state index in [1.54, 1.807) is 0 Å². The van der Waals surface area contributed by atoms with Crippen molar-refractivity contribution in [3.8, 4) is 0 Å². The molecule has 114 valence electrons. The number of hydrogen-bond acceptors (Lipinski definition) is 1. The highest BCUT2D eigenvalue weighted by Crippen LogP contribution is 2.26. The van der Waals surface area contributed by atoms with Crippen molar-refractivity contribution < 1.29 is 0 Å². The monoisotopic (exact) mass is 275 g/mol. The Bertz CT molecular complexity index is 429. The first-order chi connectivity index (χ1) is 9.02. The van der Waals surface area contributed by atoms with Gasteiger partial charge in [0.05, 0.1) is 0 Å². The van der Waals surface area contributed by atoms with E-state index >= 15 is 0 Å². The molecule has 0 fully saturated rings. The van der Waals surface area contributed by atoms with Crippen molar-refractivity contribution in [2.24, 2.45) is 5.41 Å². The van der Waals surface area contributed by atoms with Crippen LogP contribution in [0.15, 0.2) is 47.2 Å².